The Kier molecular flexibility index (Phi) is 11.1. The molecule has 0 unspecified atom stereocenters. The van der Waals surface area contributed by atoms with E-state index < -0.39 is 29.2 Å². The highest BCUT2D eigenvalue weighted by Gasteiger charge is 2.28. The van der Waals surface area contributed by atoms with Crippen molar-refractivity contribution in [3.63, 3.8) is 0 Å². The zero-order valence-electron chi connectivity index (χ0n) is 23.3. The zero-order chi connectivity index (χ0) is 29.9. The number of anilines is 1. The fourth-order valence-corrected chi connectivity index (χ4v) is 4.50. The van der Waals surface area contributed by atoms with Crippen molar-refractivity contribution in [2.45, 2.75) is 65.5 Å². The summed E-state index contributed by atoms with van der Waals surface area (Å²) in [7, 11) is 1.57. The molecule has 2 heterocycles. The first-order valence-corrected chi connectivity index (χ1v) is 13.3. The molecule has 3 aromatic rings. The predicted molar refractivity (Wildman–Crippen MR) is 147 cm³/mol. The van der Waals surface area contributed by atoms with Crippen LogP contribution in [-0.2, 0) is 24.9 Å². The lowest BCUT2D eigenvalue weighted by atomic mass is 10.0. The second kappa shape index (κ2) is 14.7. The largest absolute Gasteiger partial charge is 0.343 e. The highest BCUT2D eigenvalue weighted by atomic mass is 19.2. The van der Waals surface area contributed by atoms with E-state index in [2.05, 4.69) is 31.0 Å². The van der Waals surface area contributed by atoms with E-state index in [9.17, 15) is 23.2 Å². The number of halogens is 2. The van der Waals surface area contributed by atoms with Gasteiger partial charge >= 0.3 is 0 Å². The minimum Gasteiger partial charge on any atom is -0.343 e. The van der Waals surface area contributed by atoms with Crippen molar-refractivity contribution in [1.82, 2.24) is 24.9 Å². The van der Waals surface area contributed by atoms with E-state index >= 15 is 0 Å². The fourth-order valence-electron chi connectivity index (χ4n) is 4.50. The molecule has 2 amide bonds. The lowest BCUT2D eigenvalue weighted by Gasteiger charge is -2.08. The Labute approximate surface area is 235 Å². The molecule has 0 saturated carbocycles. The lowest BCUT2D eigenvalue weighted by molar-refractivity contribution is -0.117. The van der Waals surface area contributed by atoms with Gasteiger partial charge in [0.2, 0.25) is 0 Å². The van der Waals surface area contributed by atoms with Gasteiger partial charge in [0, 0.05) is 42.5 Å². The highest BCUT2D eigenvalue weighted by molar-refractivity contribution is 6.43. The van der Waals surface area contributed by atoms with Crippen LogP contribution in [0.3, 0.4) is 0 Å². The normalized spacial score (nSPS) is 10.8. The van der Waals surface area contributed by atoms with Crippen LogP contribution < -0.4 is 10.6 Å². The van der Waals surface area contributed by atoms with Gasteiger partial charge in [-0.05, 0) is 49.9 Å². The molecule has 2 N–H and O–H groups in total. The van der Waals surface area contributed by atoms with Crippen LogP contribution in [0.2, 0.25) is 0 Å². The van der Waals surface area contributed by atoms with Gasteiger partial charge in [0.25, 0.3) is 17.6 Å². The van der Waals surface area contributed by atoms with Gasteiger partial charge in [-0.3, -0.25) is 19.1 Å². The summed E-state index contributed by atoms with van der Waals surface area (Å²) in [4.78, 5) is 41.4. The molecule has 0 atom stereocenters. The number of aromatic nitrogens is 4. The van der Waals surface area contributed by atoms with Crippen molar-refractivity contribution in [2.24, 2.45) is 12.2 Å². The standard InChI is InChI=1S/C27H33F2N9O3/c1-17-23(18(2)37(3)24(17)26(40)33-19-10-11-21(28)22(29)14-19)25(39)27(41)31-15-20-16-38(36-34-20)13-9-7-5-4-6-8-12-32-35-30/h10-11,14,16H,4-9,12-13,15H2,1-3H3,(H,31,41)(H,33,40). The molecular formula is C27H33F2N9O3. The van der Waals surface area contributed by atoms with E-state index in [1.807, 2.05) is 0 Å². The predicted octanol–water partition coefficient (Wildman–Crippen LogP) is 4.91. The Morgan fingerprint density at radius 3 is 2.46 bits per heavy atom. The number of carbonyl (C=O) groups excluding carboxylic acids is 3. The number of rotatable bonds is 15. The average Bonchev–Trinajstić information content (AvgIpc) is 3.48. The van der Waals surface area contributed by atoms with E-state index in [1.54, 1.807) is 31.8 Å². The van der Waals surface area contributed by atoms with Crippen LogP contribution in [0, 0.1) is 25.5 Å². The van der Waals surface area contributed by atoms with Gasteiger partial charge in [-0.1, -0.05) is 36.0 Å². The molecule has 0 spiro atoms. The number of nitrogens with zero attached hydrogens (tertiary/aromatic N) is 7. The summed E-state index contributed by atoms with van der Waals surface area (Å²) in [5.41, 5.74) is 9.68. The molecule has 0 aliphatic rings. The monoisotopic (exact) mass is 569 g/mol. The molecule has 12 nitrogen and oxygen atoms in total. The number of unbranched alkanes of at least 4 members (excludes halogenated alkanes) is 5. The van der Waals surface area contributed by atoms with E-state index in [1.165, 1.54) is 10.6 Å². The van der Waals surface area contributed by atoms with E-state index in [4.69, 9.17) is 5.53 Å². The van der Waals surface area contributed by atoms with Crippen LogP contribution in [-0.4, -0.2) is 43.7 Å². The summed E-state index contributed by atoms with van der Waals surface area (Å²) >= 11 is 0. The minimum absolute atomic E-state index is 0.00412. The Morgan fingerprint density at radius 1 is 1.05 bits per heavy atom. The molecule has 0 bridgehead atoms. The number of azide groups is 1. The van der Waals surface area contributed by atoms with Gasteiger partial charge in [0.15, 0.2) is 11.6 Å². The molecule has 41 heavy (non-hydrogen) atoms. The summed E-state index contributed by atoms with van der Waals surface area (Å²) in [6.45, 7) is 4.37. The Hall–Kier alpha value is -4.58. The Morgan fingerprint density at radius 2 is 1.76 bits per heavy atom. The van der Waals surface area contributed by atoms with E-state index in [-0.39, 0.29) is 29.1 Å². The number of ketones is 1. The number of hydrogen-bond donors (Lipinski definition) is 2. The number of hydrogen-bond acceptors (Lipinski definition) is 6. The van der Waals surface area contributed by atoms with Gasteiger partial charge in [-0.2, -0.15) is 0 Å². The average molecular weight is 570 g/mol. The molecule has 0 fully saturated rings. The highest BCUT2D eigenvalue weighted by Crippen LogP contribution is 2.23. The molecule has 14 heteroatoms. The molecule has 0 aliphatic carbocycles. The number of aryl methyl sites for hydroxylation is 1. The van der Waals surface area contributed by atoms with Gasteiger partial charge in [-0.25, -0.2) is 8.78 Å². The molecule has 1 aromatic carbocycles. The topological polar surface area (TPSA) is 160 Å². The fraction of sp³-hybridized carbons (Fsp3) is 0.444. The van der Waals surface area contributed by atoms with Crippen LogP contribution >= 0.6 is 0 Å². The second-order valence-corrected chi connectivity index (χ2v) is 9.64. The molecular weight excluding hydrogens is 536 g/mol. The van der Waals surface area contributed by atoms with Crippen LogP contribution in [0.1, 0.15) is 76.3 Å². The maximum atomic E-state index is 13.5. The first-order chi connectivity index (χ1) is 19.6. The maximum absolute atomic E-state index is 13.5. The van der Waals surface area contributed by atoms with Crippen molar-refractivity contribution >= 4 is 23.3 Å². The zero-order valence-corrected chi connectivity index (χ0v) is 23.3. The molecule has 3 rings (SSSR count). The second-order valence-electron chi connectivity index (χ2n) is 9.64. The van der Waals surface area contributed by atoms with Gasteiger partial charge < -0.3 is 15.2 Å². The van der Waals surface area contributed by atoms with Gasteiger partial charge in [0.1, 0.15) is 11.4 Å². The van der Waals surface area contributed by atoms with Crippen molar-refractivity contribution in [3.8, 4) is 0 Å². The van der Waals surface area contributed by atoms with Crippen LogP contribution in [0.15, 0.2) is 29.5 Å². The smallest absolute Gasteiger partial charge is 0.292 e. The van der Waals surface area contributed by atoms with Gasteiger partial charge in [0.05, 0.1) is 18.3 Å². The third kappa shape index (κ3) is 8.21. The van der Waals surface area contributed by atoms with Crippen molar-refractivity contribution in [2.75, 3.05) is 11.9 Å². The summed E-state index contributed by atoms with van der Waals surface area (Å²) in [6, 6.07) is 2.97. The van der Waals surface area contributed by atoms with Crippen molar-refractivity contribution in [3.05, 3.63) is 74.7 Å². The molecule has 218 valence electrons. The number of nitrogens with one attached hydrogen (secondary N) is 2. The van der Waals surface area contributed by atoms with E-state index in [0.29, 0.717) is 24.5 Å². The Balaban J connectivity index is 1.52. The molecule has 0 aliphatic heterocycles. The number of amides is 2. The van der Waals surface area contributed by atoms with Gasteiger partial charge in [-0.15, -0.1) is 5.10 Å². The molecule has 0 radical (unpaired) electrons. The maximum Gasteiger partial charge on any atom is 0.292 e. The number of carbonyl (C=O) groups is 3. The minimum atomic E-state index is -1.11. The summed E-state index contributed by atoms with van der Waals surface area (Å²) in [5.74, 6) is -4.46. The van der Waals surface area contributed by atoms with Crippen LogP contribution in [0.4, 0.5) is 14.5 Å². The number of benzene rings is 1. The quantitative estimate of drug-likeness (QED) is 0.0663. The lowest BCUT2D eigenvalue weighted by Crippen LogP contribution is -2.31. The van der Waals surface area contributed by atoms with Crippen LogP contribution in [0.25, 0.3) is 10.4 Å². The molecule has 0 saturated heterocycles. The summed E-state index contributed by atoms with van der Waals surface area (Å²) < 4.78 is 29.9. The number of Topliss-reactive ketones (excluding diaryl/α,β-unsaturated/α-hetero) is 1. The van der Waals surface area contributed by atoms with Crippen molar-refractivity contribution in [1.29, 1.82) is 0 Å². The Bertz CT molecular complexity index is 1460. The SMILES string of the molecule is Cc1c(C(=O)C(=O)NCc2cn(CCCCCCCCN=[N+]=[N-])nn2)c(C)n(C)c1C(=O)Nc1ccc(F)c(F)c1. The van der Waals surface area contributed by atoms with E-state index in [0.717, 1.165) is 50.7 Å². The first-order valence-electron chi connectivity index (χ1n) is 13.3. The third-order valence-corrected chi connectivity index (χ3v) is 6.73. The van der Waals surface area contributed by atoms with Crippen LogP contribution in [0.5, 0.6) is 0 Å². The molecule has 2 aromatic heterocycles. The summed E-state index contributed by atoms with van der Waals surface area (Å²) in [6.07, 6.45) is 7.72. The summed E-state index contributed by atoms with van der Waals surface area (Å²) in [5, 5.41) is 16.7. The van der Waals surface area contributed by atoms with Crippen molar-refractivity contribution < 1.29 is 23.2 Å². The first kappa shape index (κ1) is 31.0. The third-order valence-electron chi connectivity index (χ3n) is 6.73.